The van der Waals surface area contributed by atoms with E-state index in [4.69, 9.17) is 25.5 Å². The Hall–Kier alpha value is -2.72. The van der Waals surface area contributed by atoms with Crippen LogP contribution in [0, 0.1) is 0 Å². The number of fused-ring (bicyclic) bond motifs is 1. The molecule has 0 bridgehead atoms. The van der Waals surface area contributed by atoms with E-state index in [9.17, 15) is 4.79 Å². The Balaban J connectivity index is 2.31. The van der Waals surface area contributed by atoms with Gasteiger partial charge in [0, 0.05) is 16.1 Å². The number of esters is 1. The summed E-state index contributed by atoms with van der Waals surface area (Å²) in [5, 5.41) is 0.607. The van der Waals surface area contributed by atoms with Crippen molar-refractivity contribution < 1.29 is 18.7 Å². The first kappa shape index (κ1) is 16.1. The van der Waals surface area contributed by atoms with Crippen molar-refractivity contribution in [3.05, 3.63) is 65.6 Å². The number of methoxy groups -OCH3 is 2. The van der Waals surface area contributed by atoms with Crippen molar-refractivity contribution in [3.8, 4) is 22.5 Å². The summed E-state index contributed by atoms with van der Waals surface area (Å²) in [5.41, 5.74) is 3.45. The zero-order valence-corrected chi connectivity index (χ0v) is 14.0. The van der Waals surface area contributed by atoms with Crippen molar-refractivity contribution in [2.75, 3.05) is 14.2 Å². The lowest BCUT2D eigenvalue weighted by atomic mass is 9.99. The molecule has 0 radical (unpaired) electrons. The largest absolute Gasteiger partial charge is 0.503 e. The van der Waals surface area contributed by atoms with Crippen molar-refractivity contribution in [1.82, 2.24) is 0 Å². The lowest BCUT2D eigenvalue weighted by Gasteiger charge is -2.09. The van der Waals surface area contributed by atoms with Crippen LogP contribution in [0.15, 0.2) is 59.4 Å². The second-order valence-electron chi connectivity index (χ2n) is 5.10. The van der Waals surface area contributed by atoms with Crippen LogP contribution in [-0.4, -0.2) is 20.2 Å². The Morgan fingerprint density at radius 1 is 1.12 bits per heavy atom. The normalized spacial score (nSPS) is 11.5. The Kier molecular flexibility index (Phi) is 4.58. The average molecular weight is 343 g/mol. The van der Waals surface area contributed by atoms with Crippen LogP contribution in [0.1, 0.15) is 5.56 Å². The molecule has 0 atom stereocenters. The van der Waals surface area contributed by atoms with Gasteiger partial charge in [0.2, 0.25) is 0 Å². The highest BCUT2D eigenvalue weighted by Crippen LogP contribution is 2.42. The number of halogens is 1. The van der Waals surface area contributed by atoms with E-state index in [0.717, 1.165) is 16.7 Å². The number of rotatable bonds is 4. The van der Waals surface area contributed by atoms with Gasteiger partial charge in [-0.2, -0.15) is 0 Å². The summed E-state index contributed by atoms with van der Waals surface area (Å²) in [5.74, 6) is 0.0767. The predicted molar refractivity (Wildman–Crippen MR) is 92.8 cm³/mol. The molecule has 1 aromatic rings. The third-order valence-corrected chi connectivity index (χ3v) is 3.88. The summed E-state index contributed by atoms with van der Waals surface area (Å²) < 4.78 is 15.6. The number of hydrogen-bond acceptors (Lipinski definition) is 4. The Bertz CT molecular complexity index is 879. The lowest BCUT2D eigenvalue weighted by molar-refractivity contribution is -0.133. The summed E-state index contributed by atoms with van der Waals surface area (Å²) in [4.78, 5) is 12.3. The van der Waals surface area contributed by atoms with Crippen molar-refractivity contribution >= 4 is 23.1 Å². The third kappa shape index (κ3) is 2.88. The number of carbonyl (C=O) groups is 1. The molecular formula is C19H15ClO4. The monoisotopic (exact) mass is 342 g/mol. The van der Waals surface area contributed by atoms with Gasteiger partial charge in [-0.25, -0.2) is 4.79 Å². The van der Waals surface area contributed by atoms with Gasteiger partial charge < -0.3 is 13.9 Å². The molecule has 0 fully saturated rings. The fourth-order valence-electron chi connectivity index (χ4n) is 2.65. The quantitative estimate of drug-likeness (QED) is 0.386. The van der Waals surface area contributed by atoms with E-state index in [0.29, 0.717) is 16.3 Å². The van der Waals surface area contributed by atoms with E-state index in [-0.39, 0.29) is 5.57 Å². The van der Waals surface area contributed by atoms with Crippen LogP contribution < -0.4 is 0 Å². The molecule has 1 aliphatic carbocycles. The Labute approximate surface area is 144 Å². The minimum absolute atomic E-state index is 0.278. The van der Waals surface area contributed by atoms with E-state index < -0.39 is 5.97 Å². The van der Waals surface area contributed by atoms with Gasteiger partial charge in [-0.3, -0.25) is 0 Å². The maximum absolute atomic E-state index is 12.3. The Morgan fingerprint density at radius 2 is 1.92 bits per heavy atom. The molecule has 0 unspecified atom stereocenters. The first-order chi connectivity index (χ1) is 11.7. The summed E-state index contributed by atoms with van der Waals surface area (Å²) in [6, 6.07) is 13.1. The molecule has 3 rings (SSSR count). The van der Waals surface area contributed by atoms with Gasteiger partial charge in [0.05, 0.1) is 26.7 Å². The van der Waals surface area contributed by atoms with E-state index in [1.165, 1.54) is 20.5 Å². The minimum Gasteiger partial charge on any atom is -0.503 e. The molecule has 1 aliphatic heterocycles. The molecular weight excluding hydrogens is 328 g/mol. The average Bonchev–Trinajstić information content (AvgIpc) is 2.98. The van der Waals surface area contributed by atoms with Crippen LogP contribution in [0.25, 0.3) is 28.0 Å². The summed E-state index contributed by atoms with van der Waals surface area (Å²) in [6.07, 6.45) is 2.92. The van der Waals surface area contributed by atoms with Gasteiger partial charge in [-0.15, -0.1) is 0 Å². The summed E-state index contributed by atoms with van der Waals surface area (Å²) in [6.45, 7) is 0. The molecule has 0 spiro atoms. The second kappa shape index (κ2) is 6.81. The molecule has 1 heterocycles. The first-order valence-corrected chi connectivity index (χ1v) is 7.61. The van der Waals surface area contributed by atoms with E-state index in [2.05, 4.69) is 0 Å². The molecule has 0 saturated carbocycles. The molecule has 5 heteroatoms. The molecule has 4 nitrogen and oxygen atoms in total. The fraction of sp³-hybridized carbons (Fsp3) is 0.105. The van der Waals surface area contributed by atoms with E-state index in [1.54, 1.807) is 18.4 Å². The number of benzene rings is 1. The highest BCUT2D eigenvalue weighted by molar-refractivity contribution is 6.31. The molecule has 0 aromatic heterocycles. The van der Waals surface area contributed by atoms with E-state index >= 15 is 0 Å². The van der Waals surface area contributed by atoms with Crippen LogP contribution in [0.5, 0.6) is 0 Å². The maximum Gasteiger partial charge on any atom is 0.341 e. The van der Waals surface area contributed by atoms with E-state index in [1.807, 2.05) is 30.3 Å². The molecule has 0 amide bonds. The zero-order chi connectivity index (χ0) is 17.1. The highest BCUT2D eigenvalue weighted by Gasteiger charge is 2.27. The fourth-order valence-corrected chi connectivity index (χ4v) is 2.84. The van der Waals surface area contributed by atoms with Crippen molar-refractivity contribution in [2.24, 2.45) is 0 Å². The summed E-state index contributed by atoms with van der Waals surface area (Å²) in [7, 11) is 2.80. The predicted octanol–water partition coefficient (Wildman–Crippen LogP) is 4.87. The lowest BCUT2D eigenvalue weighted by Crippen LogP contribution is -2.05. The van der Waals surface area contributed by atoms with Gasteiger partial charge >= 0.3 is 5.97 Å². The smallest absolute Gasteiger partial charge is 0.341 e. The molecule has 0 N–H and O–H groups in total. The standard InChI is InChI=1S/C19H15ClO4/c1-22-11-16(19(21)23-2)17-15(12-5-3-7-14(20)9-12)10-13-6-4-8-24-18(13)17/h3-11H,1-2H3. The van der Waals surface area contributed by atoms with Crippen molar-refractivity contribution in [2.45, 2.75) is 0 Å². The third-order valence-electron chi connectivity index (χ3n) is 3.64. The number of ether oxygens (including phenoxy) is 2. The highest BCUT2D eigenvalue weighted by atomic mass is 35.5. The molecule has 122 valence electrons. The van der Waals surface area contributed by atoms with Crippen LogP contribution in [0.2, 0.25) is 5.02 Å². The maximum atomic E-state index is 12.3. The van der Waals surface area contributed by atoms with Crippen molar-refractivity contribution in [1.29, 1.82) is 0 Å². The number of carbonyl (C=O) groups excluding carboxylic acids is 1. The topological polar surface area (TPSA) is 48.7 Å². The summed E-state index contributed by atoms with van der Waals surface area (Å²) >= 11 is 6.12. The second-order valence-corrected chi connectivity index (χ2v) is 5.54. The van der Waals surface area contributed by atoms with Crippen LogP contribution in [-0.2, 0) is 14.3 Å². The van der Waals surface area contributed by atoms with Gasteiger partial charge in [0.15, 0.2) is 0 Å². The SMILES string of the molecule is COC=C(C(=O)OC)c1c(-c2cccc(Cl)c2)cc2cccoc1-2. The molecule has 1 aromatic carbocycles. The van der Waals surface area contributed by atoms with Crippen LogP contribution >= 0.6 is 11.6 Å². The van der Waals surface area contributed by atoms with Crippen molar-refractivity contribution in [3.63, 3.8) is 0 Å². The first-order valence-electron chi connectivity index (χ1n) is 7.23. The number of hydrogen-bond donors (Lipinski definition) is 0. The van der Waals surface area contributed by atoms with Crippen LogP contribution in [0.3, 0.4) is 0 Å². The van der Waals surface area contributed by atoms with Crippen LogP contribution in [0.4, 0.5) is 0 Å². The molecule has 0 saturated heterocycles. The van der Waals surface area contributed by atoms with Gasteiger partial charge in [-0.1, -0.05) is 23.7 Å². The molecule has 24 heavy (non-hydrogen) atoms. The Morgan fingerprint density at radius 3 is 2.62 bits per heavy atom. The van der Waals surface area contributed by atoms with Gasteiger partial charge in [0.1, 0.15) is 11.3 Å². The zero-order valence-electron chi connectivity index (χ0n) is 13.2. The molecule has 2 aliphatic rings. The van der Waals surface area contributed by atoms with Gasteiger partial charge in [-0.05, 0) is 41.5 Å². The van der Waals surface area contributed by atoms with Gasteiger partial charge in [0.25, 0.3) is 0 Å². The minimum atomic E-state index is -0.508.